The molecule has 2 heterocycles. The molecule has 3 N–H and O–H groups in total. The van der Waals surface area contributed by atoms with Gasteiger partial charge in [0, 0.05) is 31.4 Å². The lowest BCUT2D eigenvalue weighted by molar-refractivity contribution is 0.0694. The molecule has 9 heteroatoms. The van der Waals surface area contributed by atoms with E-state index in [0.29, 0.717) is 19.3 Å². The third-order valence-corrected chi connectivity index (χ3v) is 5.77. The van der Waals surface area contributed by atoms with E-state index in [1.807, 2.05) is 6.92 Å². The van der Waals surface area contributed by atoms with E-state index in [-0.39, 0.29) is 36.6 Å². The van der Waals surface area contributed by atoms with Gasteiger partial charge in [-0.3, -0.25) is 4.79 Å². The van der Waals surface area contributed by atoms with E-state index in [1.165, 1.54) is 9.47 Å². The van der Waals surface area contributed by atoms with E-state index in [0.717, 1.165) is 6.20 Å². The average molecular weight is 395 g/mol. The van der Waals surface area contributed by atoms with Crippen molar-refractivity contribution in [1.82, 2.24) is 4.57 Å². The second-order valence-electron chi connectivity index (χ2n) is 7.57. The topological polar surface area (TPSA) is 88.6 Å². The Bertz CT molecular complexity index is 1050. The van der Waals surface area contributed by atoms with Gasteiger partial charge < -0.3 is 20.3 Å². The van der Waals surface area contributed by atoms with Crippen molar-refractivity contribution >= 4 is 22.6 Å². The summed E-state index contributed by atoms with van der Waals surface area (Å²) in [4.78, 5) is 25.2. The Morgan fingerprint density at radius 1 is 1.21 bits per heavy atom. The quantitative estimate of drug-likeness (QED) is 0.777. The molecular weight excluding hydrogens is 375 g/mol. The summed E-state index contributed by atoms with van der Waals surface area (Å²) in [5.41, 5.74) is 3.16. The molecule has 2 aliphatic rings. The molecule has 1 aliphatic heterocycles. The lowest BCUT2D eigenvalue weighted by Crippen LogP contribution is -2.30. The number of carboxylic acids is 1. The van der Waals surface area contributed by atoms with Crippen LogP contribution in [0.15, 0.2) is 11.0 Å². The predicted octanol–water partition coefficient (Wildman–Crippen LogP) is 2.63. The summed E-state index contributed by atoms with van der Waals surface area (Å²) in [5.74, 6) is -5.63. The van der Waals surface area contributed by atoms with Crippen molar-refractivity contribution in [3.63, 3.8) is 0 Å². The monoisotopic (exact) mass is 395 g/mol. The van der Waals surface area contributed by atoms with Crippen molar-refractivity contribution in [2.75, 3.05) is 18.0 Å². The number of hydrogen-bond donors (Lipinski definition) is 2. The second-order valence-corrected chi connectivity index (χ2v) is 7.57. The fourth-order valence-corrected chi connectivity index (χ4v) is 4.06. The van der Waals surface area contributed by atoms with Gasteiger partial charge in [0.05, 0.1) is 10.9 Å². The maximum atomic E-state index is 15.5. The molecule has 28 heavy (non-hydrogen) atoms. The number of aromatic nitrogens is 1. The van der Waals surface area contributed by atoms with Gasteiger partial charge in [-0.25, -0.2) is 18.0 Å². The number of nitrogens with zero attached hydrogens (tertiary/aromatic N) is 2. The number of rotatable bonds is 4. The molecule has 2 aromatic rings. The van der Waals surface area contributed by atoms with Crippen LogP contribution in [0, 0.1) is 23.4 Å². The third kappa shape index (κ3) is 2.68. The number of carbonyl (C=O) groups is 1. The maximum absolute atomic E-state index is 15.5. The van der Waals surface area contributed by atoms with E-state index in [2.05, 4.69) is 0 Å². The van der Waals surface area contributed by atoms with Gasteiger partial charge in [-0.05, 0) is 18.8 Å². The number of hydrogen-bond acceptors (Lipinski definition) is 4. The van der Waals surface area contributed by atoms with Crippen LogP contribution in [0.3, 0.4) is 0 Å². The molecule has 1 aromatic heterocycles. The Morgan fingerprint density at radius 3 is 2.43 bits per heavy atom. The summed E-state index contributed by atoms with van der Waals surface area (Å²) in [6.07, 6.45) is 3.01. The zero-order valence-corrected chi connectivity index (χ0v) is 15.2. The van der Waals surface area contributed by atoms with Crippen LogP contribution in [0.25, 0.3) is 10.9 Å². The first-order chi connectivity index (χ1) is 13.3. The molecule has 6 nitrogen and oxygen atoms in total. The molecule has 1 aliphatic carbocycles. The minimum Gasteiger partial charge on any atom is -0.477 e. The van der Waals surface area contributed by atoms with Crippen molar-refractivity contribution in [3.05, 3.63) is 39.4 Å². The smallest absolute Gasteiger partial charge is 0.341 e. The summed E-state index contributed by atoms with van der Waals surface area (Å²) in [6.45, 7) is 2.36. The van der Waals surface area contributed by atoms with Crippen molar-refractivity contribution in [1.29, 1.82) is 0 Å². The number of benzene rings is 1. The molecule has 0 bridgehead atoms. The molecule has 1 saturated heterocycles. The number of aromatic carboxylic acids is 1. The first-order valence-corrected chi connectivity index (χ1v) is 9.25. The number of anilines is 1. The van der Waals surface area contributed by atoms with Crippen LogP contribution >= 0.6 is 0 Å². The molecule has 1 saturated carbocycles. The zero-order valence-electron chi connectivity index (χ0n) is 15.2. The zero-order chi connectivity index (χ0) is 20.3. The van der Waals surface area contributed by atoms with Crippen molar-refractivity contribution < 1.29 is 23.1 Å². The molecule has 0 spiro atoms. The first kappa shape index (κ1) is 18.8. The number of nitrogens with two attached hydrogens (primary N) is 1. The molecule has 0 amide bonds. The highest BCUT2D eigenvalue weighted by molar-refractivity contribution is 5.94. The Morgan fingerprint density at radius 2 is 1.89 bits per heavy atom. The Kier molecular flexibility index (Phi) is 4.37. The fraction of sp³-hybridized carbons (Fsp3) is 0.474. The van der Waals surface area contributed by atoms with Gasteiger partial charge in [0.25, 0.3) is 0 Å². The van der Waals surface area contributed by atoms with Gasteiger partial charge in [-0.2, -0.15) is 0 Å². The predicted molar refractivity (Wildman–Crippen MR) is 97.3 cm³/mol. The van der Waals surface area contributed by atoms with E-state index in [9.17, 15) is 23.5 Å². The first-order valence-electron chi connectivity index (χ1n) is 9.25. The summed E-state index contributed by atoms with van der Waals surface area (Å²) >= 11 is 0. The number of fused-ring (bicyclic) bond motifs is 1. The second kappa shape index (κ2) is 6.51. The van der Waals surface area contributed by atoms with Crippen LogP contribution in [0.1, 0.15) is 42.6 Å². The van der Waals surface area contributed by atoms with Gasteiger partial charge in [-0.1, -0.05) is 13.3 Å². The van der Waals surface area contributed by atoms with Crippen molar-refractivity contribution in [2.24, 2.45) is 11.7 Å². The maximum Gasteiger partial charge on any atom is 0.341 e. The number of pyridine rings is 1. The van der Waals surface area contributed by atoms with Crippen LogP contribution in [0.4, 0.5) is 18.9 Å². The SMILES string of the molecule is CCC1CN(c2c(F)c(F)c3c(=O)c(C(=O)O)cn(C4CC4)c3c2F)CC1N. The molecular formula is C19H20F3N3O3. The number of carboxylic acid groups (broad SMARTS) is 1. The van der Waals surface area contributed by atoms with Gasteiger partial charge in [0.1, 0.15) is 11.3 Å². The highest BCUT2D eigenvalue weighted by Crippen LogP contribution is 2.41. The number of halogens is 3. The standard InChI is InChI=1S/C19H20F3N3O3/c1-2-8-5-24(7-11(8)23)17-14(21)13(20)12-16(15(17)22)25(9-3-4-9)6-10(18(12)26)19(27)28/h6,8-9,11H,2-5,7,23H2,1H3,(H,27,28). The van der Waals surface area contributed by atoms with Crippen LogP contribution in [-0.2, 0) is 0 Å². The van der Waals surface area contributed by atoms with E-state index < -0.39 is 45.5 Å². The highest BCUT2D eigenvalue weighted by atomic mass is 19.2. The van der Waals surface area contributed by atoms with Gasteiger partial charge in [0.2, 0.25) is 5.43 Å². The largest absolute Gasteiger partial charge is 0.477 e. The summed E-state index contributed by atoms with van der Waals surface area (Å²) in [5, 5.41) is 8.39. The van der Waals surface area contributed by atoms with E-state index in [1.54, 1.807) is 0 Å². The van der Waals surface area contributed by atoms with Gasteiger partial charge >= 0.3 is 5.97 Å². The normalized spacial score (nSPS) is 22.2. The Labute approximate surface area is 158 Å². The van der Waals surface area contributed by atoms with Crippen LogP contribution in [-0.4, -0.2) is 34.8 Å². The molecule has 4 rings (SSSR count). The minimum absolute atomic E-state index is 0.0116. The third-order valence-electron chi connectivity index (χ3n) is 5.77. The molecule has 1 aromatic carbocycles. The highest BCUT2D eigenvalue weighted by Gasteiger charge is 2.37. The van der Waals surface area contributed by atoms with Crippen LogP contribution in [0.2, 0.25) is 0 Å². The lowest BCUT2D eigenvalue weighted by atomic mass is 10.0. The minimum atomic E-state index is -1.57. The molecule has 0 radical (unpaired) electrons. The molecule has 2 fully saturated rings. The van der Waals surface area contributed by atoms with Gasteiger partial charge in [-0.15, -0.1) is 0 Å². The van der Waals surface area contributed by atoms with Crippen molar-refractivity contribution in [2.45, 2.75) is 38.3 Å². The Hall–Kier alpha value is -2.55. The summed E-state index contributed by atoms with van der Waals surface area (Å²) in [7, 11) is 0. The fourth-order valence-electron chi connectivity index (χ4n) is 4.06. The van der Waals surface area contributed by atoms with Crippen molar-refractivity contribution in [3.8, 4) is 0 Å². The van der Waals surface area contributed by atoms with Crippen LogP contribution < -0.4 is 16.1 Å². The van der Waals surface area contributed by atoms with Gasteiger partial charge in [0.15, 0.2) is 17.5 Å². The molecule has 2 atom stereocenters. The van der Waals surface area contributed by atoms with E-state index in [4.69, 9.17) is 5.73 Å². The lowest BCUT2D eigenvalue weighted by Gasteiger charge is -2.23. The Balaban J connectivity index is 2.03. The summed E-state index contributed by atoms with van der Waals surface area (Å²) < 4.78 is 46.5. The summed E-state index contributed by atoms with van der Waals surface area (Å²) in [6, 6.07) is -0.555. The van der Waals surface area contributed by atoms with E-state index >= 15 is 4.39 Å². The average Bonchev–Trinajstić information content (AvgIpc) is 3.42. The molecule has 2 unspecified atom stereocenters. The van der Waals surface area contributed by atoms with Crippen LogP contribution in [0.5, 0.6) is 0 Å². The molecule has 150 valence electrons.